The Labute approximate surface area is 155 Å². The molecule has 0 saturated carbocycles. The summed E-state index contributed by atoms with van der Waals surface area (Å²) in [6.45, 7) is 2.57. The van der Waals surface area contributed by atoms with Gasteiger partial charge < -0.3 is 25.3 Å². The molecule has 3 N–H and O–H groups in total. The lowest BCUT2D eigenvalue weighted by atomic mass is 10.1. The number of aliphatic hydroxyl groups excluding tert-OH is 2. The Kier molecular flexibility index (Phi) is 7.53. The van der Waals surface area contributed by atoms with Gasteiger partial charge in [-0.25, -0.2) is 4.90 Å². The summed E-state index contributed by atoms with van der Waals surface area (Å²) in [7, 11) is 5.46. The van der Waals surface area contributed by atoms with Crippen LogP contribution in [-0.4, -0.2) is 78.3 Å². The molecule has 2 rings (SSSR count). The highest BCUT2D eigenvalue weighted by molar-refractivity contribution is 6.30. The van der Waals surface area contributed by atoms with E-state index in [0.29, 0.717) is 0 Å². The van der Waals surface area contributed by atoms with Crippen molar-refractivity contribution in [3.05, 3.63) is 46.7 Å². The minimum Gasteiger partial charge on any atom is -0.374 e. The van der Waals surface area contributed by atoms with Gasteiger partial charge in [-0.3, -0.25) is 0 Å². The lowest BCUT2D eigenvalue weighted by Gasteiger charge is -2.43. The van der Waals surface area contributed by atoms with Crippen LogP contribution in [0.2, 0.25) is 5.02 Å². The maximum atomic E-state index is 10.1. The molecule has 140 valence electrons. The minimum absolute atomic E-state index is 0.772. The van der Waals surface area contributed by atoms with Gasteiger partial charge in [-0.1, -0.05) is 23.7 Å². The van der Waals surface area contributed by atoms with Crippen LogP contribution < -0.4 is 5.32 Å². The molecule has 25 heavy (non-hydrogen) atoms. The summed E-state index contributed by atoms with van der Waals surface area (Å²) in [5.41, 5.74) is 1.30. The lowest BCUT2D eigenvalue weighted by molar-refractivity contribution is -0.148. The Morgan fingerprint density at radius 2 is 1.84 bits per heavy atom. The highest BCUT2D eigenvalue weighted by Crippen LogP contribution is 2.19. The fourth-order valence-electron chi connectivity index (χ4n) is 2.85. The van der Waals surface area contributed by atoms with E-state index >= 15 is 0 Å². The van der Waals surface area contributed by atoms with Gasteiger partial charge in [-0.05, 0) is 50.2 Å². The van der Waals surface area contributed by atoms with Crippen LogP contribution in [0.3, 0.4) is 0 Å². The van der Waals surface area contributed by atoms with E-state index in [1.807, 2.05) is 31.1 Å². The van der Waals surface area contributed by atoms with Crippen molar-refractivity contribution >= 4 is 11.6 Å². The van der Waals surface area contributed by atoms with Crippen LogP contribution in [0.5, 0.6) is 0 Å². The zero-order valence-electron chi connectivity index (χ0n) is 15.2. The zero-order chi connectivity index (χ0) is 18.4. The van der Waals surface area contributed by atoms with E-state index in [0.717, 1.165) is 43.3 Å². The molecule has 7 heteroatoms. The Hall–Kier alpha value is -1.31. The number of hydrogen-bond donors (Lipinski definition) is 3. The number of hydrogen-bond acceptors (Lipinski definition) is 6. The summed E-state index contributed by atoms with van der Waals surface area (Å²) in [4.78, 5) is 5.27. The van der Waals surface area contributed by atoms with Gasteiger partial charge in [0.05, 0.1) is 0 Å². The number of rotatable bonds is 8. The quantitative estimate of drug-likeness (QED) is 0.597. The van der Waals surface area contributed by atoms with Crippen LogP contribution in [0, 0.1) is 0 Å². The van der Waals surface area contributed by atoms with E-state index in [1.54, 1.807) is 18.0 Å². The van der Waals surface area contributed by atoms with Crippen LogP contribution in [-0.2, 0) is 6.42 Å². The number of halogens is 1. The maximum absolute atomic E-state index is 10.1. The topological polar surface area (TPSA) is 62.2 Å². The molecule has 6 nitrogen and oxygen atoms in total. The summed E-state index contributed by atoms with van der Waals surface area (Å²) >= 11 is 5.89. The Bertz CT molecular complexity index is 567. The summed E-state index contributed by atoms with van der Waals surface area (Å²) in [5, 5.41) is 24.3. The first-order chi connectivity index (χ1) is 11.9. The molecule has 0 spiro atoms. The van der Waals surface area contributed by atoms with E-state index in [4.69, 9.17) is 11.6 Å². The largest absolute Gasteiger partial charge is 0.374 e. The molecule has 1 aromatic rings. The lowest BCUT2D eigenvalue weighted by Crippen LogP contribution is -2.54. The monoisotopic (exact) mass is 368 g/mol. The average Bonchev–Trinajstić information content (AvgIpc) is 2.60. The average molecular weight is 369 g/mol. The van der Waals surface area contributed by atoms with Crippen molar-refractivity contribution in [2.45, 2.75) is 25.4 Å². The SMILES string of the molecule is CN(CCNCCCc1ccc(Cl)cc1)C1=CC(O)N(C)C(O)N1C. The summed E-state index contributed by atoms with van der Waals surface area (Å²) < 4.78 is 0. The fraction of sp³-hybridized carbons (Fsp3) is 0.556. The third-order valence-corrected chi connectivity index (χ3v) is 4.79. The Morgan fingerprint density at radius 3 is 2.52 bits per heavy atom. The van der Waals surface area contributed by atoms with Gasteiger partial charge >= 0.3 is 0 Å². The summed E-state index contributed by atoms with van der Waals surface area (Å²) in [6, 6.07) is 7.98. The highest BCUT2D eigenvalue weighted by Gasteiger charge is 2.30. The van der Waals surface area contributed by atoms with Crippen LogP contribution in [0.15, 0.2) is 36.2 Å². The number of aryl methyl sites for hydroxylation is 1. The predicted molar refractivity (Wildman–Crippen MR) is 101 cm³/mol. The van der Waals surface area contributed by atoms with Crippen molar-refractivity contribution in [1.29, 1.82) is 0 Å². The van der Waals surface area contributed by atoms with Crippen molar-refractivity contribution in [2.75, 3.05) is 40.8 Å². The van der Waals surface area contributed by atoms with Gasteiger partial charge in [-0.15, -0.1) is 0 Å². The van der Waals surface area contributed by atoms with Gasteiger partial charge in [0.1, 0.15) is 12.0 Å². The van der Waals surface area contributed by atoms with E-state index in [2.05, 4.69) is 17.4 Å². The fourth-order valence-corrected chi connectivity index (χ4v) is 2.97. The second-order valence-corrected chi connectivity index (χ2v) is 6.90. The molecule has 0 aromatic heterocycles. The number of benzene rings is 1. The molecule has 1 aliphatic rings. The molecule has 0 aliphatic carbocycles. The molecule has 0 amide bonds. The Morgan fingerprint density at radius 1 is 1.16 bits per heavy atom. The number of nitrogens with one attached hydrogen (secondary N) is 1. The second kappa shape index (κ2) is 9.40. The zero-order valence-corrected chi connectivity index (χ0v) is 15.9. The molecule has 0 radical (unpaired) electrons. The van der Waals surface area contributed by atoms with Crippen LogP contribution in [0.1, 0.15) is 12.0 Å². The van der Waals surface area contributed by atoms with Gasteiger partial charge in [0.15, 0.2) is 6.35 Å². The molecule has 1 aromatic carbocycles. The van der Waals surface area contributed by atoms with Crippen molar-refractivity contribution in [3.63, 3.8) is 0 Å². The maximum Gasteiger partial charge on any atom is 0.189 e. The molecule has 0 fully saturated rings. The van der Waals surface area contributed by atoms with Crippen molar-refractivity contribution in [1.82, 2.24) is 20.0 Å². The van der Waals surface area contributed by atoms with E-state index < -0.39 is 12.6 Å². The van der Waals surface area contributed by atoms with Crippen LogP contribution >= 0.6 is 11.6 Å². The molecular weight excluding hydrogens is 340 g/mol. The smallest absolute Gasteiger partial charge is 0.189 e. The predicted octanol–water partition coefficient (Wildman–Crippen LogP) is 1.11. The van der Waals surface area contributed by atoms with E-state index in [-0.39, 0.29) is 0 Å². The molecule has 2 atom stereocenters. The van der Waals surface area contributed by atoms with Gasteiger partial charge in [0.25, 0.3) is 0 Å². The molecule has 0 bridgehead atoms. The van der Waals surface area contributed by atoms with Crippen LogP contribution in [0.25, 0.3) is 0 Å². The number of aliphatic hydroxyl groups is 2. The summed E-state index contributed by atoms with van der Waals surface area (Å²) in [5.74, 6) is 0.820. The Balaban J connectivity index is 1.67. The van der Waals surface area contributed by atoms with Crippen molar-refractivity contribution in [3.8, 4) is 0 Å². The van der Waals surface area contributed by atoms with Gasteiger partial charge in [0, 0.05) is 32.2 Å². The first-order valence-electron chi connectivity index (χ1n) is 8.59. The molecule has 1 aliphatic heterocycles. The highest BCUT2D eigenvalue weighted by atomic mass is 35.5. The van der Waals surface area contributed by atoms with Crippen molar-refractivity contribution < 1.29 is 10.2 Å². The van der Waals surface area contributed by atoms with Crippen LogP contribution in [0.4, 0.5) is 0 Å². The summed E-state index contributed by atoms with van der Waals surface area (Å²) in [6.07, 6.45) is 2.22. The third kappa shape index (κ3) is 5.59. The standard InChI is InChI=1S/C18H29ClN4O2/c1-21(16-13-17(24)23(3)18(25)22(16)2)12-11-20-10-4-5-14-6-8-15(19)9-7-14/h6-9,13,17-18,20,24-25H,4-5,10-12H2,1-3H3. The minimum atomic E-state index is -0.829. The van der Waals surface area contributed by atoms with E-state index in [9.17, 15) is 10.2 Å². The first-order valence-corrected chi connectivity index (χ1v) is 8.97. The van der Waals surface area contributed by atoms with Gasteiger partial charge in [0.2, 0.25) is 0 Å². The van der Waals surface area contributed by atoms with Gasteiger partial charge in [-0.2, -0.15) is 0 Å². The normalized spacial score (nSPS) is 21.4. The van der Waals surface area contributed by atoms with E-state index in [1.165, 1.54) is 10.5 Å². The second-order valence-electron chi connectivity index (χ2n) is 6.46. The molecular formula is C18H29ClN4O2. The molecule has 2 unspecified atom stereocenters. The molecule has 1 heterocycles. The number of nitrogens with zero attached hydrogens (tertiary/aromatic N) is 3. The number of likely N-dealkylation sites (N-methyl/N-ethyl adjacent to an activating group) is 2. The molecule has 0 saturated heterocycles. The third-order valence-electron chi connectivity index (χ3n) is 4.53. The van der Waals surface area contributed by atoms with Crippen molar-refractivity contribution in [2.24, 2.45) is 0 Å². The first kappa shape index (κ1) is 20.0.